The second-order valence-corrected chi connectivity index (χ2v) is 16.4. The van der Waals surface area contributed by atoms with Crippen LogP contribution in [0.1, 0.15) is 150 Å². The summed E-state index contributed by atoms with van der Waals surface area (Å²) in [6.45, 7) is 13.2. The van der Waals surface area contributed by atoms with Crippen molar-refractivity contribution in [1.82, 2.24) is 0 Å². The van der Waals surface area contributed by atoms with Crippen molar-refractivity contribution in [2.75, 3.05) is 6.61 Å². The predicted octanol–water partition coefficient (Wildman–Crippen LogP) is 9.49. The minimum Gasteiger partial charge on any atom is -0.462 e. The SMILES string of the molecule is CCCCCCCCCC(=O)O[C@@H]1CC[C@]2(C)C3CC[C@@]4(C)C(C[C@@H]5O[C@]6(CC[C@@H](C)CO6)[C@@H](C)[C@@H]54)[C@@H]3CC[C@H]2C1. The van der Waals surface area contributed by atoms with E-state index in [1.54, 1.807) is 0 Å². The summed E-state index contributed by atoms with van der Waals surface area (Å²) in [5, 5.41) is 0. The average molecular weight is 571 g/mol. The Hall–Kier alpha value is -0.610. The number of fused-ring (bicyclic) bond motifs is 7. The predicted molar refractivity (Wildman–Crippen MR) is 164 cm³/mol. The van der Waals surface area contributed by atoms with E-state index in [1.807, 2.05) is 0 Å². The van der Waals surface area contributed by atoms with E-state index in [9.17, 15) is 4.79 Å². The summed E-state index contributed by atoms with van der Waals surface area (Å²) >= 11 is 0. The minimum absolute atomic E-state index is 0.0649. The summed E-state index contributed by atoms with van der Waals surface area (Å²) in [4.78, 5) is 12.7. The van der Waals surface area contributed by atoms with Crippen molar-refractivity contribution in [3.8, 4) is 0 Å². The highest BCUT2D eigenvalue weighted by Gasteiger charge is 2.69. The topological polar surface area (TPSA) is 44.8 Å². The van der Waals surface area contributed by atoms with Gasteiger partial charge in [-0.05, 0) is 111 Å². The molecule has 0 bridgehead atoms. The second-order valence-electron chi connectivity index (χ2n) is 16.4. The molecule has 41 heavy (non-hydrogen) atoms. The van der Waals surface area contributed by atoms with E-state index in [1.165, 1.54) is 83.5 Å². The number of hydrogen-bond donors (Lipinski definition) is 0. The van der Waals surface area contributed by atoms with Gasteiger partial charge in [-0.2, -0.15) is 0 Å². The van der Waals surface area contributed by atoms with Gasteiger partial charge in [-0.15, -0.1) is 0 Å². The van der Waals surface area contributed by atoms with Crippen molar-refractivity contribution in [3.63, 3.8) is 0 Å². The number of hydrogen-bond acceptors (Lipinski definition) is 4. The number of rotatable bonds is 9. The third-order valence-electron chi connectivity index (χ3n) is 14.2. The molecule has 0 N–H and O–H groups in total. The summed E-state index contributed by atoms with van der Waals surface area (Å²) in [6.07, 6.45) is 22.3. The van der Waals surface area contributed by atoms with E-state index >= 15 is 0 Å². The van der Waals surface area contributed by atoms with Gasteiger partial charge in [-0.1, -0.05) is 73.1 Å². The Balaban J connectivity index is 1.03. The molecule has 4 heteroatoms. The second kappa shape index (κ2) is 12.1. The fraction of sp³-hybridized carbons (Fsp3) is 0.973. The Morgan fingerprint density at radius 3 is 2.34 bits per heavy atom. The third kappa shape index (κ3) is 5.46. The molecular formula is C37H62O4. The molecular weight excluding hydrogens is 508 g/mol. The molecule has 4 nitrogen and oxygen atoms in total. The number of unbranched alkanes of at least 4 members (excludes halogenated alkanes) is 6. The Morgan fingerprint density at radius 2 is 1.59 bits per heavy atom. The lowest BCUT2D eigenvalue weighted by Gasteiger charge is -2.61. The third-order valence-corrected chi connectivity index (χ3v) is 14.2. The molecule has 2 heterocycles. The maximum atomic E-state index is 12.7. The smallest absolute Gasteiger partial charge is 0.306 e. The van der Waals surface area contributed by atoms with E-state index in [2.05, 4.69) is 34.6 Å². The monoisotopic (exact) mass is 570 g/mol. The highest BCUT2D eigenvalue weighted by Crippen LogP contribution is 2.71. The standard InChI is InChI=1S/C37H62O4/c1-6-7-8-9-10-11-12-13-33(38)40-28-17-19-35(4)27(22-28)14-15-29-30(35)18-20-36(5)31(29)23-32-34(36)26(3)37(41-32)21-16-25(2)24-39-37/h25-32,34H,6-24H2,1-5H3/t25-,26+,27+,28-,29-,30?,31?,32+,34+,35+,36+,37-/m1/s1. The molecule has 0 aromatic carbocycles. The summed E-state index contributed by atoms with van der Waals surface area (Å²) < 4.78 is 19.6. The van der Waals surface area contributed by atoms with Crippen LogP contribution in [0.25, 0.3) is 0 Å². The van der Waals surface area contributed by atoms with Crippen LogP contribution >= 0.6 is 0 Å². The van der Waals surface area contributed by atoms with Crippen LogP contribution in [0.15, 0.2) is 0 Å². The van der Waals surface area contributed by atoms with Crippen LogP contribution in [-0.2, 0) is 19.0 Å². The van der Waals surface area contributed by atoms with Crippen LogP contribution in [0, 0.1) is 52.3 Å². The molecule has 4 aliphatic carbocycles. The van der Waals surface area contributed by atoms with E-state index in [4.69, 9.17) is 14.2 Å². The molecule has 0 radical (unpaired) electrons. The first-order valence-corrected chi connectivity index (χ1v) is 18.2. The molecule has 234 valence electrons. The van der Waals surface area contributed by atoms with Gasteiger partial charge in [0.05, 0.1) is 12.7 Å². The van der Waals surface area contributed by atoms with Crippen molar-refractivity contribution in [2.45, 2.75) is 168 Å². The van der Waals surface area contributed by atoms with Crippen molar-refractivity contribution < 1.29 is 19.0 Å². The van der Waals surface area contributed by atoms with Crippen molar-refractivity contribution >= 4 is 5.97 Å². The Morgan fingerprint density at radius 1 is 0.829 bits per heavy atom. The summed E-state index contributed by atoms with van der Waals surface area (Å²) in [7, 11) is 0. The lowest BCUT2D eigenvalue weighted by molar-refractivity contribution is -0.273. The number of carbonyl (C=O) groups is 1. The lowest BCUT2D eigenvalue weighted by Crippen LogP contribution is -2.55. The molecule has 2 unspecified atom stereocenters. The van der Waals surface area contributed by atoms with Crippen LogP contribution in [0.2, 0.25) is 0 Å². The summed E-state index contributed by atoms with van der Waals surface area (Å²) in [5.41, 5.74) is 0.812. The molecule has 2 aliphatic heterocycles. The normalized spacial score (nSPS) is 48.8. The highest BCUT2D eigenvalue weighted by molar-refractivity contribution is 5.69. The van der Waals surface area contributed by atoms with Gasteiger partial charge in [0.1, 0.15) is 6.10 Å². The van der Waals surface area contributed by atoms with Gasteiger partial charge in [-0.25, -0.2) is 0 Å². The van der Waals surface area contributed by atoms with Gasteiger partial charge in [-0.3, -0.25) is 4.79 Å². The average Bonchev–Trinajstić information content (AvgIpc) is 3.40. The zero-order valence-electron chi connectivity index (χ0n) is 27.3. The summed E-state index contributed by atoms with van der Waals surface area (Å²) in [5.74, 6) is 4.77. The maximum absolute atomic E-state index is 12.7. The maximum Gasteiger partial charge on any atom is 0.306 e. The molecule has 0 aromatic heterocycles. The van der Waals surface area contributed by atoms with Gasteiger partial charge < -0.3 is 14.2 Å². The molecule has 12 atom stereocenters. The first-order valence-electron chi connectivity index (χ1n) is 18.2. The van der Waals surface area contributed by atoms with Crippen LogP contribution in [0.4, 0.5) is 0 Å². The van der Waals surface area contributed by atoms with Crippen LogP contribution < -0.4 is 0 Å². The largest absolute Gasteiger partial charge is 0.462 e. The van der Waals surface area contributed by atoms with E-state index in [-0.39, 0.29) is 17.9 Å². The van der Waals surface area contributed by atoms with E-state index in [0.29, 0.717) is 41.1 Å². The zero-order chi connectivity index (χ0) is 28.8. The van der Waals surface area contributed by atoms with Crippen LogP contribution in [0.5, 0.6) is 0 Å². The number of ether oxygens (including phenoxy) is 3. The molecule has 0 amide bonds. The number of esters is 1. The Kier molecular flexibility index (Phi) is 8.94. The van der Waals surface area contributed by atoms with Gasteiger partial charge >= 0.3 is 5.97 Å². The van der Waals surface area contributed by atoms with Crippen LogP contribution in [0.3, 0.4) is 0 Å². The Labute approximate surface area is 251 Å². The fourth-order valence-corrected chi connectivity index (χ4v) is 11.8. The molecule has 6 rings (SSSR count). The quantitative estimate of drug-likeness (QED) is 0.205. The Bertz CT molecular complexity index is 909. The molecule has 1 spiro atoms. The molecule has 0 aromatic rings. The van der Waals surface area contributed by atoms with Crippen molar-refractivity contribution in [3.05, 3.63) is 0 Å². The van der Waals surface area contributed by atoms with E-state index in [0.717, 1.165) is 56.0 Å². The van der Waals surface area contributed by atoms with Gasteiger partial charge in [0.25, 0.3) is 0 Å². The van der Waals surface area contributed by atoms with Gasteiger partial charge in [0.15, 0.2) is 5.79 Å². The molecule has 6 aliphatic rings. The minimum atomic E-state index is -0.305. The van der Waals surface area contributed by atoms with Crippen molar-refractivity contribution in [2.24, 2.45) is 52.3 Å². The zero-order valence-corrected chi connectivity index (χ0v) is 27.3. The lowest BCUT2D eigenvalue weighted by atomic mass is 9.44. The number of carbonyl (C=O) groups excluding carboxylic acids is 1. The molecule has 6 fully saturated rings. The van der Waals surface area contributed by atoms with Gasteiger partial charge in [0, 0.05) is 18.8 Å². The molecule has 2 saturated heterocycles. The first-order chi connectivity index (χ1) is 19.7. The van der Waals surface area contributed by atoms with Crippen LogP contribution in [-0.4, -0.2) is 30.6 Å². The molecule has 4 saturated carbocycles. The van der Waals surface area contributed by atoms with Gasteiger partial charge in [0.2, 0.25) is 0 Å². The highest BCUT2D eigenvalue weighted by atomic mass is 16.7. The van der Waals surface area contributed by atoms with E-state index < -0.39 is 0 Å². The fourth-order valence-electron chi connectivity index (χ4n) is 11.8. The first kappa shape index (κ1) is 30.4. The van der Waals surface area contributed by atoms with Crippen molar-refractivity contribution in [1.29, 1.82) is 0 Å². The summed E-state index contributed by atoms with van der Waals surface area (Å²) in [6, 6.07) is 0.